The van der Waals surface area contributed by atoms with Gasteiger partial charge in [-0.25, -0.2) is 0 Å². The van der Waals surface area contributed by atoms with Crippen molar-refractivity contribution in [3.05, 3.63) is 29.3 Å². The smallest absolute Gasteiger partial charge is 0.277 e. The fourth-order valence-electron chi connectivity index (χ4n) is 2.09. The topological polar surface area (TPSA) is 83.0 Å². The predicted octanol–water partition coefficient (Wildman–Crippen LogP) is 3.21. The predicted molar refractivity (Wildman–Crippen MR) is 92.4 cm³/mol. The number of hydrogen-bond donors (Lipinski definition) is 0. The molecule has 1 atom stereocenters. The van der Waals surface area contributed by atoms with Gasteiger partial charge in [0, 0.05) is 19.2 Å². The second-order valence-electron chi connectivity index (χ2n) is 5.60. The molecule has 0 unspecified atom stereocenters. The number of benzene rings is 1. The maximum absolute atomic E-state index is 12.2. The van der Waals surface area contributed by atoms with Gasteiger partial charge in [0.05, 0.1) is 17.7 Å². The van der Waals surface area contributed by atoms with Crippen molar-refractivity contribution in [1.29, 1.82) is 5.26 Å². The zero-order chi connectivity index (χ0) is 17.7. The fourth-order valence-corrected chi connectivity index (χ4v) is 2.89. The maximum atomic E-state index is 12.2. The van der Waals surface area contributed by atoms with Crippen molar-refractivity contribution in [2.75, 3.05) is 13.6 Å². The first-order chi connectivity index (χ1) is 11.4. The summed E-state index contributed by atoms with van der Waals surface area (Å²) in [6, 6.07) is 7.98. The van der Waals surface area contributed by atoms with E-state index in [1.54, 1.807) is 18.9 Å². The van der Waals surface area contributed by atoms with E-state index in [4.69, 9.17) is 9.68 Å². The molecule has 0 aliphatic heterocycles. The standard InChI is InChI=1S/C17H20N4O2S/c1-11-6-7-14(10-12(11)2)15-19-20-17(23-15)24-13(3)16(22)21(4)9-5-8-18/h6-7,10,13H,5,9H2,1-4H3/t13-/m0/s1. The number of aryl methyl sites for hydroxylation is 2. The largest absolute Gasteiger partial charge is 0.411 e. The average molecular weight is 344 g/mol. The minimum atomic E-state index is -0.359. The number of rotatable bonds is 6. The summed E-state index contributed by atoms with van der Waals surface area (Å²) in [5.41, 5.74) is 3.22. The average Bonchev–Trinajstić information content (AvgIpc) is 3.02. The van der Waals surface area contributed by atoms with Gasteiger partial charge in [0.25, 0.3) is 5.22 Å². The normalized spacial score (nSPS) is 11.8. The Bertz CT molecular complexity index is 766. The van der Waals surface area contributed by atoms with Crippen molar-refractivity contribution < 1.29 is 9.21 Å². The lowest BCUT2D eigenvalue weighted by Gasteiger charge is -2.18. The molecule has 0 spiro atoms. The lowest BCUT2D eigenvalue weighted by Crippen LogP contribution is -2.33. The van der Waals surface area contributed by atoms with Gasteiger partial charge in [-0.2, -0.15) is 5.26 Å². The third-order valence-electron chi connectivity index (χ3n) is 3.72. The molecule has 0 fully saturated rings. The highest BCUT2D eigenvalue weighted by atomic mass is 32.2. The van der Waals surface area contributed by atoms with Gasteiger partial charge in [0.2, 0.25) is 11.8 Å². The quantitative estimate of drug-likeness (QED) is 0.748. The highest BCUT2D eigenvalue weighted by Gasteiger charge is 2.21. The molecule has 1 amide bonds. The van der Waals surface area contributed by atoms with Crippen LogP contribution in [0.2, 0.25) is 0 Å². The first-order valence-electron chi connectivity index (χ1n) is 7.62. The molecule has 126 valence electrons. The number of nitrogens with zero attached hydrogens (tertiary/aromatic N) is 4. The summed E-state index contributed by atoms with van der Waals surface area (Å²) in [4.78, 5) is 13.8. The molecule has 0 radical (unpaired) electrons. The summed E-state index contributed by atoms with van der Waals surface area (Å²) in [5.74, 6) is 0.374. The number of amides is 1. The van der Waals surface area contributed by atoms with Crippen molar-refractivity contribution in [2.24, 2.45) is 0 Å². The highest BCUT2D eigenvalue weighted by molar-refractivity contribution is 8.00. The number of carbonyl (C=O) groups is 1. The Morgan fingerprint density at radius 2 is 2.12 bits per heavy atom. The molecule has 2 rings (SSSR count). The van der Waals surface area contributed by atoms with Gasteiger partial charge < -0.3 is 9.32 Å². The fraction of sp³-hybridized carbons (Fsp3) is 0.412. The summed E-state index contributed by atoms with van der Waals surface area (Å²) in [7, 11) is 1.69. The Kier molecular flexibility index (Phi) is 5.99. The molecule has 6 nitrogen and oxygen atoms in total. The molecule has 0 saturated heterocycles. The third-order valence-corrected chi connectivity index (χ3v) is 4.64. The second kappa shape index (κ2) is 7.97. The number of hydrogen-bond acceptors (Lipinski definition) is 6. The molecule has 0 aliphatic rings. The van der Waals surface area contributed by atoms with E-state index in [0.29, 0.717) is 24.1 Å². The Balaban J connectivity index is 2.04. The van der Waals surface area contributed by atoms with Crippen LogP contribution in [-0.2, 0) is 4.79 Å². The van der Waals surface area contributed by atoms with Crippen molar-refractivity contribution in [1.82, 2.24) is 15.1 Å². The molecule has 24 heavy (non-hydrogen) atoms. The van der Waals surface area contributed by atoms with E-state index in [9.17, 15) is 4.79 Å². The molecule has 2 aromatic rings. The molecule has 0 bridgehead atoms. The molecule has 1 aromatic carbocycles. The van der Waals surface area contributed by atoms with E-state index in [1.807, 2.05) is 38.1 Å². The second-order valence-corrected chi connectivity index (χ2v) is 6.89. The Labute approximate surface area is 145 Å². The number of nitriles is 1. The van der Waals surface area contributed by atoms with Crippen LogP contribution in [0.3, 0.4) is 0 Å². The summed E-state index contributed by atoms with van der Waals surface area (Å²) in [6.07, 6.45) is 0.317. The molecule has 1 heterocycles. The number of carbonyl (C=O) groups excluding carboxylic acids is 1. The van der Waals surface area contributed by atoms with E-state index >= 15 is 0 Å². The van der Waals surface area contributed by atoms with Gasteiger partial charge in [0.1, 0.15) is 0 Å². The van der Waals surface area contributed by atoms with E-state index in [1.165, 1.54) is 17.3 Å². The molecule has 7 heteroatoms. The van der Waals surface area contributed by atoms with Crippen LogP contribution in [0.5, 0.6) is 0 Å². The molecular weight excluding hydrogens is 324 g/mol. The first kappa shape index (κ1) is 18.0. The van der Waals surface area contributed by atoms with Crippen LogP contribution in [0.4, 0.5) is 0 Å². The summed E-state index contributed by atoms with van der Waals surface area (Å²) in [5, 5.41) is 16.7. The number of aromatic nitrogens is 2. The molecule has 0 N–H and O–H groups in total. The van der Waals surface area contributed by atoms with Crippen molar-refractivity contribution in [3.8, 4) is 17.5 Å². The van der Waals surface area contributed by atoms with Crippen LogP contribution in [0.25, 0.3) is 11.5 Å². The number of thioether (sulfide) groups is 1. The van der Waals surface area contributed by atoms with Crippen LogP contribution in [-0.4, -0.2) is 39.8 Å². The monoisotopic (exact) mass is 344 g/mol. The Morgan fingerprint density at radius 3 is 2.79 bits per heavy atom. The maximum Gasteiger partial charge on any atom is 0.277 e. The van der Waals surface area contributed by atoms with Gasteiger partial charge in [-0.05, 0) is 44.0 Å². The van der Waals surface area contributed by atoms with Gasteiger partial charge in [0.15, 0.2) is 0 Å². The summed E-state index contributed by atoms with van der Waals surface area (Å²) in [6.45, 7) is 6.28. The van der Waals surface area contributed by atoms with Gasteiger partial charge >= 0.3 is 0 Å². The molecular formula is C17H20N4O2S. The summed E-state index contributed by atoms with van der Waals surface area (Å²) >= 11 is 1.22. The van der Waals surface area contributed by atoms with Crippen LogP contribution in [0.15, 0.2) is 27.8 Å². The zero-order valence-corrected chi connectivity index (χ0v) is 15.1. The Morgan fingerprint density at radius 1 is 1.38 bits per heavy atom. The minimum Gasteiger partial charge on any atom is -0.411 e. The van der Waals surface area contributed by atoms with Gasteiger partial charge in [-0.1, -0.05) is 17.8 Å². The third kappa shape index (κ3) is 4.36. The van der Waals surface area contributed by atoms with Crippen molar-refractivity contribution in [3.63, 3.8) is 0 Å². The summed E-state index contributed by atoms with van der Waals surface area (Å²) < 4.78 is 5.66. The molecule has 0 saturated carbocycles. The van der Waals surface area contributed by atoms with Crippen LogP contribution < -0.4 is 0 Å². The van der Waals surface area contributed by atoms with Gasteiger partial charge in [-0.15, -0.1) is 10.2 Å². The van der Waals surface area contributed by atoms with Gasteiger partial charge in [-0.3, -0.25) is 4.79 Å². The van der Waals surface area contributed by atoms with E-state index in [-0.39, 0.29) is 11.2 Å². The van der Waals surface area contributed by atoms with Crippen LogP contribution in [0.1, 0.15) is 24.5 Å². The lowest BCUT2D eigenvalue weighted by atomic mass is 10.1. The van der Waals surface area contributed by atoms with Crippen LogP contribution in [0, 0.1) is 25.2 Å². The van der Waals surface area contributed by atoms with E-state index in [0.717, 1.165) is 11.1 Å². The Hall–Kier alpha value is -2.33. The van der Waals surface area contributed by atoms with Crippen molar-refractivity contribution >= 4 is 17.7 Å². The SMILES string of the molecule is Cc1ccc(-c2nnc(S[C@@H](C)C(=O)N(C)CCC#N)o2)cc1C. The molecule has 0 aliphatic carbocycles. The zero-order valence-electron chi connectivity index (χ0n) is 14.2. The first-order valence-corrected chi connectivity index (χ1v) is 8.50. The van der Waals surface area contributed by atoms with Crippen LogP contribution >= 0.6 is 11.8 Å². The highest BCUT2D eigenvalue weighted by Crippen LogP contribution is 2.27. The van der Waals surface area contributed by atoms with E-state index in [2.05, 4.69) is 10.2 Å². The lowest BCUT2D eigenvalue weighted by molar-refractivity contribution is -0.128. The van der Waals surface area contributed by atoms with E-state index < -0.39 is 0 Å². The van der Waals surface area contributed by atoms with Crippen molar-refractivity contribution in [2.45, 2.75) is 37.7 Å². The molecule has 1 aromatic heterocycles. The minimum absolute atomic E-state index is 0.0684.